The molecule has 0 amide bonds. The Hall–Kier alpha value is -3.47. The molecule has 8 nitrogen and oxygen atoms in total. The van der Waals surface area contributed by atoms with E-state index in [9.17, 15) is 12.8 Å². The van der Waals surface area contributed by atoms with Crippen LogP contribution >= 0.6 is 23.2 Å². The maximum Gasteiger partial charge on any atom is 0.267 e. The summed E-state index contributed by atoms with van der Waals surface area (Å²) in [7, 11) is -4.35. The molecular weight excluding hydrogens is 492 g/mol. The Balaban J connectivity index is 1.69. The highest BCUT2D eigenvalue weighted by Crippen LogP contribution is 2.39. The molecule has 0 spiro atoms. The fourth-order valence-corrected chi connectivity index (χ4v) is 4.36. The quantitative estimate of drug-likeness (QED) is 0.371. The molecule has 0 aliphatic heterocycles. The predicted octanol–water partition coefficient (Wildman–Crippen LogP) is 5.16. The molecule has 0 fully saturated rings. The van der Waals surface area contributed by atoms with Crippen molar-refractivity contribution in [2.45, 2.75) is 4.90 Å². The first-order valence-corrected chi connectivity index (χ1v) is 11.4. The molecular formula is C21H14Cl2FN5O3S. The van der Waals surface area contributed by atoms with Crippen LogP contribution in [-0.4, -0.2) is 23.4 Å². The first kappa shape index (κ1) is 22.7. The third-order valence-electron chi connectivity index (χ3n) is 4.32. The van der Waals surface area contributed by atoms with E-state index in [1.54, 1.807) is 30.3 Å². The fourth-order valence-electron chi connectivity index (χ4n) is 2.87. The molecule has 12 heteroatoms. The second-order valence-electron chi connectivity index (χ2n) is 6.60. The van der Waals surface area contributed by atoms with E-state index in [4.69, 9.17) is 33.7 Å². The highest BCUT2D eigenvalue weighted by Gasteiger charge is 2.23. The van der Waals surface area contributed by atoms with Gasteiger partial charge in [-0.25, -0.2) is 32.5 Å². The molecule has 0 aliphatic rings. The van der Waals surface area contributed by atoms with Gasteiger partial charge >= 0.3 is 0 Å². The normalized spacial score (nSPS) is 11.2. The highest BCUT2D eigenvalue weighted by atomic mass is 35.5. The smallest absolute Gasteiger partial charge is 0.267 e. The van der Waals surface area contributed by atoms with Gasteiger partial charge in [-0.3, -0.25) is 0 Å². The number of aromatic nitrogens is 3. The Kier molecular flexibility index (Phi) is 6.32. The molecule has 0 bridgehead atoms. The van der Waals surface area contributed by atoms with Crippen LogP contribution in [0.2, 0.25) is 10.0 Å². The van der Waals surface area contributed by atoms with Gasteiger partial charge in [-0.1, -0.05) is 23.2 Å². The molecule has 2 aromatic carbocycles. The topological polar surface area (TPSA) is 120 Å². The van der Waals surface area contributed by atoms with E-state index in [0.29, 0.717) is 16.1 Å². The number of pyridine rings is 1. The second kappa shape index (κ2) is 9.18. The van der Waals surface area contributed by atoms with Gasteiger partial charge in [0.25, 0.3) is 10.0 Å². The van der Waals surface area contributed by atoms with Crippen molar-refractivity contribution < 1.29 is 17.5 Å². The molecule has 4 rings (SSSR count). The van der Waals surface area contributed by atoms with Gasteiger partial charge in [0.15, 0.2) is 0 Å². The highest BCUT2D eigenvalue weighted by molar-refractivity contribution is 7.92. The number of nitrogens with zero attached hydrogens (tertiary/aromatic N) is 3. The van der Waals surface area contributed by atoms with E-state index in [2.05, 4.69) is 19.7 Å². The van der Waals surface area contributed by atoms with Crippen molar-refractivity contribution in [1.29, 1.82) is 0 Å². The van der Waals surface area contributed by atoms with Crippen LogP contribution in [0.1, 0.15) is 0 Å². The van der Waals surface area contributed by atoms with Gasteiger partial charge in [-0.05, 0) is 48.0 Å². The number of benzene rings is 2. The number of nitrogen functional groups attached to an aromatic ring is 1. The third-order valence-corrected chi connectivity index (χ3v) is 6.19. The van der Waals surface area contributed by atoms with E-state index >= 15 is 0 Å². The maximum atomic E-state index is 14.8. The lowest BCUT2D eigenvalue weighted by molar-refractivity contribution is 0.475. The second-order valence-corrected chi connectivity index (χ2v) is 9.10. The summed E-state index contributed by atoms with van der Waals surface area (Å²) in [4.78, 5) is 10.8. The lowest BCUT2D eigenvalue weighted by Crippen LogP contribution is -2.16. The number of hydrogen-bond acceptors (Lipinski definition) is 7. The first-order valence-electron chi connectivity index (χ1n) is 9.21. The minimum atomic E-state index is -4.35. The minimum Gasteiger partial charge on any atom is -0.455 e. The zero-order valence-electron chi connectivity index (χ0n) is 16.5. The number of rotatable bonds is 6. The maximum absolute atomic E-state index is 14.8. The molecule has 0 aliphatic carbocycles. The molecule has 0 unspecified atom stereocenters. The predicted molar refractivity (Wildman–Crippen MR) is 123 cm³/mol. The van der Waals surface area contributed by atoms with Crippen LogP contribution in [0.3, 0.4) is 0 Å². The van der Waals surface area contributed by atoms with E-state index in [1.807, 2.05) is 0 Å². The zero-order valence-corrected chi connectivity index (χ0v) is 18.9. The molecule has 168 valence electrons. The van der Waals surface area contributed by atoms with Gasteiger partial charge in [0, 0.05) is 35.2 Å². The molecule has 4 aromatic rings. The van der Waals surface area contributed by atoms with Crippen LogP contribution in [0.25, 0.3) is 11.1 Å². The summed E-state index contributed by atoms with van der Waals surface area (Å²) in [6, 6.07) is 11.4. The number of hydrogen-bond donors (Lipinski definition) is 2. The van der Waals surface area contributed by atoms with E-state index in [0.717, 1.165) is 12.1 Å². The summed E-state index contributed by atoms with van der Waals surface area (Å²) in [5.74, 6) is -0.823. The summed E-state index contributed by atoms with van der Waals surface area (Å²) >= 11 is 12.4. The van der Waals surface area contributed by atoms with Gasteiger partial charge in [-0.15, -0.1) is 0 Å². The number of nitrogens with one attached hydrogen (secondary N) is 1. The van der Waals surface area contributed by atoms with Crippen molar-refractivity contribution in [2.75, 3.05) is 10.5 Å². The number of nitrogens with two attached hydrogens (primary N) is 1. The van der Waals surface area contributed by atoms with Crippen LogP contribution in [0.15, 0.2) is 72.0 Å². The minimum absolute atomic E-state index is 0.102. The third kappa shape index (κ3) is 5.14. The van der Waals surface area contributed by atoms with Gasteiger partial charge in [0.2, 0.25) is 5.95 Å². The van der Waals surface area contributed by atoms with E-state index in [-0.39, 0.29) is 28.3 Å². The Labute approximate surface area is 198 Å². The Morgan fingerprint density at radius 2 is 1.70 bits per heavy atom. The Bertz CT molecular complexity index is 1440. The van der Waals surface area contributed by atoms with E-state index in [1.165, 1.54) is 24.7 Å². The summed E-state index contributed by atoms with van der Waals surface area (Å²) in [5.41, 5.74) is 6.97. The van der Waals surface area contributed by atoms with Crippen LogP contribution in [0.4, 0.5) is 16.2 Å². The zero-order chi connectivity index (χ0) is 23.6. The molecule has 0 saturated carbocycles. The van der Waals surface area contributed by atoms with Crippen molar-refractivity contribution in [2.24, 2.45) is 0 Å². The van der Waals surface area contributed by atoms with Gasteiger partial charge < -0.3 is 10.5 Å². The molecule has 33 heavy (non-hydrogen) atoms. The molecule has 0 atom stereocenters. The molecule has 0 saturated heterocycles. The van der Waals surface area contributed by atoms with Crippen molar-refractivity contribution in [3.63, 3.8) is 0 Å². The van der Waals surface area contributed by atoms with Crippen molar-refractivity contribution in [3.8, 4) is 22.6 Å². The largest absolute Gasteiger partial charge is 0.455 e. The van der Waals surface area contributed by atoms with Crippen LogP contribution in [0, 0.1) is 5.82 Å². The number of halogens is 3. The van der Waals surface area contributed by atoms with Crippen LogP contribution in [0.5, 0.6) is 11.5 Å². The monoisotopic (exact) mass is 505 g/mol. The summed E-state index contributed by atoms with van der Waals surface area (Å²) < 4.78 is 47.9. The number of ether oxygens (including phenoxy) is 1. The summed E-state index contributed by atoms with van der Waals surface area (Å²) in [5, 5.41) is 0.293. The molecule has 2 heterocycles. The molecule has 2 aromatic heterocycles. The number of sulfonamides is 1. The van der Waals surface area contributed by atoms with Gasteiger partial charge in [0.05, 0.1) is 5.02 Å². The average molecular weight is 506 g/mol. The SMILES string of the molecule is Nc1cc(-c2cc(Cl)ccc2Oc2cc(F)c(S(=O)(=O)Nc3ncccn3)cc2Cl)ccn1. The lowest BCUT2D eigenvalue weighted by atomic mass is 10.1. The van der Waals surface area contributed by atoms with Crippen LogP contribution in [-0.2, 0) is 10.0 Å². The Morgan fingerprint density at radius 3 is 2.42 bits per heavy atom. The average Bonchev–Trinajstić information content (AvgIpc) is 2.77. The van der Waals surface area contributed by atoms with E-state index < -0.39 is 20.7 Å². The fraction of sp³-hybridized carbons (Fsp3) is 0. The molecule has 0 radical (unpaired) electrons. The van der Waals surface area contributed by atoms with Crippen molar-refractivity contribution in [3.05, 3.63) is 83.0 Å². The van der Waals surface area contributed by atoms with Crippen molar-refractivity contribution in [1.82, 2.24) is 15.0 Å². The number of anilines is 2. The van der Waals surface area contributed by atoms with Gasteiger partial charge in [0.1, 0.15) is 28.0 Å². The Morgan fingerprint density at radius 1 is 0.939 bits per heavy atom. The standard InChI is InChI=1S/C21H14Cl2FN5O3S/c22-13-2-3-17(14(9-13)12-4-7-26-20(25)8-12)32-18-11-16(24)19(10-15(18)23)33(30,31)29-21-27-5-1-6-28-21/h1-11H,(H2,25,26)(H,27,28,29). The summed E-state index contributed by atoms with van der Waals surface area (Å²) in [6.07, 6.45) is 4.20. The molecule has 3 N–H and O–H groups in total. The lowest BCUT2D eigenvalue weighted by Gasteiger charge is -2.15. The van der Waals surface area contributed by atoms with Crippen LogP contribution < -0.4 is 15.2 Å². The van der Waals surface area contributed by atoms with Crippen molar-refractivity contribution >= 4 is 45.0 Å². The summed E-state index contributed by atoms with van der Waals surface area (Å²) in [6.45, 7) is 0. The first-order chi connectivity index (χ1) is 15.7. The van der Waals surface area contributed by atoms with Gasteiger partial charge in [-0.2, -0.15) is 0 Å².